The molecule has 0 aromatic heterocycles. The molecule has 1 aromatic carbocycles. The summed E-state index contributed by atoms with van der Waals surface area (Å²) in [4.78, 5) is 37.2. The van der Waals surface area contributed by atoms with Crippen molar-refractivity contribution in [2.45, 2.75) is 51.5 Å². The third-order valence-electron chi connectivity index (χ3n) is 5.20. The monoisotopic (exact) mass is 458 g/mol. The summed E-state index contributed by atoms with van der Waals surface area (Å²) < 4.78 is 5.44. The quantitative estimate of drug-likeness (QED) is 0.189. The molecule has 7 heteroatoms. The minimum Gasteiger partial charge on any atom is -0.464 e. The van der Waals surface area contributed by atoms with Crippen molar-refractivity contribution >= 4 is 17.8 Å². The summed E-state index contributed by atoms with van der Waals surface area (Å²) in [5.41, 5.74) is 1.08. The fourth-order valence-electron chi connectivity index (χ4n) is 3.39. The number of carbonyl (C=O) groups is 3. The molecule has 0 aliphatic heterocycles. The van der Waals surface area contributed by atoms with Gasteiger partial charge in [-0.05, 0) is 44.6 Å². The van der Waals surface area contributed by atoms with Crippen LogP contribution in [-0.2, 0) is 25.5 Å². The summed E-state index contributed by atoms with van der Waals surface area (Å²) in [5, 5.41) is 14.4. The van der Waals surface area contributed by atoms with Gasteiger partial charge in [0, 0.05) is 12.5 Å². The second-order valence-corrected chi connectivity index (χ2v) is 8.14. The van der Waals surface area contributed by atoms with Gasteiger partial charge in [-0.25, -0.2) is 0 Å². The number of benzene rings is 1. The van der Waals surface area contributed by atoms with Crippen LogP contribution in [0.5, 0.6) is 0 Å². The van der Waals surface area contributed by atoms with E-state index in [0.717, 1.165) is 18.4 Å². The molecule has 2 amide bonds. The lowest BCUT2D eigenvalue weighted by Gasteiger charge is -2.18. The van der Waals surface area contributed by atoms with Gasteiger partial charge in [-0.1, -0.05) is 42.5 Å². The number of aliphatic hydroxyl groups is 1. The Morgan fingerprint density at radius 1 is 1.12 bits per heavy atom. The summed E-state index contributed by atoms with van der Waals surface area (Å²) in [6.45, 7) is 9.10. The smallest absolute Gasteiger partial charge is 0.309 e. The maximum absolute atomic E-state index is 12.7. The zero-order valence-corrected chi connectivity index (χ0v) is 19.6. The van der Waals surface area contributed by atoms with Crippen molar-refractivity contribution in [3.8, 4) is 0 Å². The molecule has 0 aliphatic carbocycles. The Morgan fingerprint density at radius 2 is 1.85 bits per heavy atom. The number of hydrogen-bond acceptors (Lipinski definition) is 5. The van der Waals surface area contributed by atoms with E-state index < -0.39 is 5.92 Å². The maximum atomic E-state index is 12.7. The van der Waals surface area contributed by atoms with Crippen LogP contribution in [-0.4, -0.2) is 48.7 Å². The number of rotatable bonds is 17. The third kappa shape index (κ3) is 12.0. The standard InChI is InChI=1S/C26H38N2O5/c1-4-6-8-14-23(17-21-12-9-7-10-13-21)26(32)33-16-15-27-25(31)22(11-5-2)18-24(30)28-20(3)19-29/h4-5,7,9-10,12-13,20,22-23,29H,1-2,6,8,11,14-19H2,3H3,(H,27,31)(H,28,30)/t20-,22+,23+/m0/s1. The molecule has 1 aromatic rings. The van der Waals surface area contributed by atoms with Crippen molar-refractivity contribution < 1.29 is 24.2 Å². The number of carbonyl (C=O) groups excluding carboxylic acids is 3. The molecule has 0 unspecified atom stereocenters. The van der Waals surface area contributed by atoms with Gasteiger partial charge >= 0.3 is 5.97 Å². The van der Waals surface area contributed by atoms with Gasteiger partial charge in [0.25, 0.3) is 0 Å². The zero-order chi connectivity index (χ0) is 24.5. The van der Waals surface area contributed by atoms with Crippen LogP contribution in [0.1, 0.15) is 44.6 Å². The van der Waals surface area contributed by atoms with Gasteiger partial charge in [0.05, 0.1) is 25.0 Å². The zero-order valence-electron chi connectivity index (χ0n) is 19.6. The Kier molecular flexibility index (Phi) is 14.2. The van der Waals surface area contributed by atoms with Gasteiger partial charge in [-0.2, -0.15) is 0 Å². The lowest BCUT2D eigenvalue weighted by molar-refractivity contribution is -0.149. The molecule has 0 fully saturated rings. The molecular weight excluding hydrogens is 420 g/mol. The van der Waals surface area contributed by atoms with Gasteiger partial charge in [0.2, 0.25) is 11.8 Å². The molecule has 182 valence electrons. The van der Waals surface area contributed by atoms with E-state index in [2.05, 4.69) is 23.8 Å². The first-order valence-electron chi connectivity index (χ1n) is 11.5. The van der Waals surface area contributed by atoms with E-state index >= 15 is 0 Å². The topological polar surface area (TPSA) is 105 Å². The molecule has 0 aliphatic rings. The van der Waals surface area contributed by atoms with Crippen molar-refractivity contribution in [2.75, 3.05) is 19.8 Å². The first-order chi connectivity index (χ1) is 15.9. The highest BCUT2D eigenvalue weighted by Gasteiger charge is 2.22. The van der Waals surface area contributed by atoms with E-state index in [4.69, 9.17) is 9.84 Å². The highest BCUT2D eigenvalue weighted by Crippen LogP contribution is 2.17. The van der Waals surface area contributed by atoms with Crippen LogP contribution >= 0.6 is 0 Å². The van der Waals surface area contributed by atoms with Crippen molar-refractivity contribution in [2.24, 2.45) is 11.8 Å². The molecule has 3 atom stereocenters. The van der Waals surface area contributed by atoms with Gasteiger partial charge in [0.15, 0.2) is 0 Å². The van der Waals surface area contributed by atoms with Gasteiger partial charge < -0.3 is 20.5 Å². The second-order valence-electron chi connectivity index (χ2n) is 8.14. The number of hydrogen-bond donors (Lipinski definition) is 3. The number of ether oxygens (including phenoxy) is 1. The minimum absolute atomic E-state index is 0.00949. The first-order valence-corrected chi connectivity index (χ1v) is 11.5. The van der Waals surface area contributed by atoms with E-state index in [-0.39, 0.29) is 55.9 Å². The Morgan fingerprint density at radius 3 is 2.48 bits per heavy atom. The van der Waals surface area contributed by atoms with Crippen LogP contribution in [0.25, 0.3) is 0 Å². The van der Waals surface area contributed by atoms with Crippen LogP contribution in [0.2, 0.25) is 0 Å². The lowest BCUT2D eigenvalue weighted by atomic mass is 9.94. The Balaban J connectivity index is 2.51. The van der Waals surface area contributed by atoms with E-state index in [9.17, 15) is 14.4 Å². The predicted octanol–water partition coefficient (Wildman–Crippen LogP) is 2.94. The summed E-state index contributed by atoms with van der Waals surface area (Å²) >= 11 is 0. The Hall–Kier alpha value is -2.93. The fourth-order valence-corrected chi connectivity index (χ4v) is 3.39. The SMILES string of the molecule is C=CCCC[C@H](Cc1ccccc1)C(=O)OCCNC(=O)[C@H](CC=C)CC(=O)N[C@@H](C)CO. The van der Waals surface area contributed by atoms with E-state index in [1.165, 1.54) is 0 Å². The second kappa shape index (κ2) is 16.7. The molecule has 1 rings (SSSR count). The molecule has 3 N–H and O–H groups in total. The van der Waals surface area contributed by atoms with Crippen molar-refractivity contribution in [1.82, 2.24) is 10.6 Å². The van der Waals surface area contributed by atoms with Gasteiger partial charge in [0.1, 0.15) is 6.61 Å². The van der Waals surface area contributed by atoms with Crippen molar-refractivity contribution in [3.63, 3.8) is 0 Å². The molecule has 0 saturated heterocycles. The molecule has 0 heterocycles. The summed E-state index contributed by atoms with van der Waals surface area (Å²) in [5.74, 6) is -1.72. The van der Waals surface area contributed by atoms with Crippen LogP contribution in [0, 0.1) is 11.8 Å². The highest BCUT2D eigenvalue weighted by atomic mass is 16.5. The fraction of sp³-hybridized carbons (Fsp3) is 0.500. The summed E-state index contributed by atoms with van der Waals surface area (Å²) in [6, 6.07) is 9.44. The maximum Gasteiger partial charge on any atom is 0.309 e. The van der Waals surface area contributed by atoms with Crippen LogP contribution in [0.4, 0.5) is 0 Å². The number of unbranched alkanes of at least 4 members (excludes halogenated alkanes) is 1. The Labute approximate surface area is 197 Å². The highest BCUT2D eigenvalue weighted by molar-refractivity contribution is 5.86. The predicted molar refractivity (Wildman–Crippen MR) is 129 cm³/mol. The summed E-state index contributed by atoms with van der Waals surface area (Å²) in [7, 11) is 0. The number of amides is 2. The number of allylic oxidation sites excluding steroid dienone is 2. The molecule has 0 bridgehead atoms. The molecule has 0 saturated carbocycles. The van der Waals surface area contributed by atoms with E-state index in [1.807, 2.05) is 36.4 Å². The number of nitrogens with one attached hydrogen (secondary N) is 2. The van der Waals surface area contributed by atoms with Gasteiger partial charge in [-0.15, -0.1) is 13.2 Å². The molecular formula is C26H38N2O5. The number of esters is 1. The molecule has 0 radical (unpaired) electrons. The largest absolute Gasteiger partial charge is 0.464 e. The van der Waals surface area contributed by atoms with Crippen LogP contribution in [0.15, 0.2) is 55.6 Å². The van der Waals surface area contributed by atoms with E-state index in [0.29, 0.717) is 19.3 Å². The van der Waals surface area contributed by atoms with Gasteiger partial charge in [-0.3, -0.25) is 14.4 Å². The van der Waals surface area contributed by atoms with Crippen molar-refractivity contribution in [1.29, 1.82) is 0 Å². The van der Waals surface area contributed by atoms with Crippen molar-refractivity contribution in [3.05, 3.63) is 61.2 Å². The Bertz CT molecular complexity index is 750. The number of aliphatic hydroxyl groups excluding tert-OH is 1. The first kappa shape index (κ1) is 28.1. The normalized spacial score (nSPS) is 13.3. The molecule has 0 spiro atoms. The average Bonchev–Trinajstić information content (AvgIpc) is 2.81. The average molecular weight is 459 g/mol. The molecule has 33 heavy (non-hydrogen) atoms. The van der Waals surface area contributed by atoms with Crippen LogP contribution in [0.3, 0.4) is 0 Å². The van der Waals surface area contributed by atoms with Crippen LogP contribution < -0.4 is 10.6 Å². The van der Waals surface area contributed by atoms with E-state index in [1.54, 1.807) is 13.0 Å². The molecule has 7 nitrogen and oxygen atoms in total. The minimum atomic E-state index is -0.575. The summed E-state index contributed by atoms with van der Waals surface area (Å²) in [6.07, 6.45) is 6.76. The lowest BCUT2D eigenvalue weighted by Crippen LogP contribution is -2.39. The third-order valence-corrected chi connectivity index (χ3v) is 5.20.